The number of para-hydroxylation sites is 3. The van der Waals surface area contributed by atoms with Crippen molar-refractivity contribution < 1.29 is 46.9 Å². The van der Waals surface area contributed by atoms with E-state index in [1.807, 2.05) is 11.8 Å². The van der Waals surface area contributed by atoms with Crippen molar-refractivity contribution in [1.29, 1.82) is 0 Å². The van der Waals surface area contributed by atoms with Crippen LogP contribution in [0.25, 0.3) is 22.7 Å². The fourth-order valence-corrected chi connectivity index (χ4v) is 6.68. The molecule has 0 amide bonds. The molecule has 5 nitrogen and oxygen atoms in total. The molecule has 0 saturated heterocycles. The molecular formula is C34H42N4OSY+2. The smallest absolute Gasteiger partial charge is 0.282 e. The molecule has 3 aromatic carbocycles. The van der Waals surface area contributed by atoms with Crippen LogP contribution in [-0.2, 0) is 32.7 Å². The number of aliphatic hydroxyl groups is 1. The molecule has 0 aliphatic carbocycles. The van der Waals surface area contributed by atoms with Crippen LogP contribution in [0.4, 0.5) is 11.5 Å². The van der Waals surface area contributed by atoms with Crippen LogP contribution in [-0.4, -0.2) is 63.5 Å². The molecule has 211 valence electrons. The summed E-state index contributed by atoms with van der Waals surface area (Å²) in [4.78, 5) is 6.16. The molecule has 1 radical (unpaired) electrons. The van der Waals surface area contributed by atoms with Crippen molar-refractivity contribution in [3.63, 3.8) is 0 Å². The summed E-state index contributed by atoms with van der Waals surface area (Å²) in [5.41, 5.74) is 4.87. The molecule has 0 spiro atoms. The quantitative estimate of drug-likeness (QED) is 0.153. The summed E-state index contributed by atoms with van der Waals surface area (Å²) in [7, 11) is 6.58. The Labute approximate surface area is 274 Å². The van der Waals surface area contributed by atoms with E-state index in [-0.39, 0.29) is 39.3 Å². The number of hydrogen-bond acceptors (Lipinski definition) is 4. The first kappa shape index (κ1) is 31.7. The molecule has 41 heavy (non-hydrogen) atoms. The second-order valence-corrected chi connectivity index (χ2v) is 12.3. The molecule has 5 rings (SSSR count). The predicted molar refractivity (Wildman–Crippen MR) is 170 cm³/mol. The molecule has 1 aliphatic rings. The van der Waals surface area contributed by atoms with Crippen molar-refractivity contribution in [2.24, 2.45) is 0 Å². The van der Waals surface area contributed by atoms with E-state index in [0.29, 0.717) is 0 Å². The average Bonchev–Trinajstić information content (AvgIpc) is 3.27. The number of thioether (sulfide) groups is 1. The number of hydrogen-bond donors (Lipinski definition) is 1. The van der Waals surface area contributed by atoms with Gasteiger partial charge in [0.05, 0.1) is 51.1 Å². The molecule has 4 aromatic rings. The number of nitrogens with zero attached hydrogens (tertiary/aromatic N) is 4. The maximum atomic E-state index is 9.52. The first-order chi connectivity index (χ1) is 19.4. The van der Waals surface area contributed by atoms with Crippen LogP contribution in [0.5, 0.6) is 0 Å². The van der Waals surface area contributed by atoms with Crippen LogP contribution in [0.3, 0.4) is 0 Å². The summed E-state index contributed by atoms with van der Waals surface area (Å²) in [6, 6.07) is 30.5. The minimum atomic E-state index is 0. The van der Waals surface area contributed by atoms with Gasteiger partial charge in [-0.05, 0) is 48.4 Å². The summed E-state index contributed by atoms with van der Waals surface area (Å²) in [5.74, 6) is 1.22. The first-order valence-corrected chi connectivity index (χ1v) is 15.2. The minimum Gasteiger partial charge on any atom is -0.391 e. The normalized spacial score (nSPS) is 13.9. The zero-order valence-electron chi connectivity index (χ0n) is 24.8. The van der Waals surface area contributed by atoms with Crippen molar-refractivity contribution >= 4 is 40.2 Å². The third kappa shape index (κ3) is 7.23. The Hall–Kier alpha value is -2.22. The van der Waals surface area contributed by atoms with E-state index in [1.54, 1.807) is 0 Å². The molecule has 7 heteroatoms. The summed E-state index contributed by atoms with van der Waals surface area (Å²) in [6.45, 7) is 6.22. The van der Waals surface area contributed by atoms with Crippen LogP contribution in [0.15, 0.2) is 94.9 Å². The minimum absolute atomic E-state index is 0. The van der Waals surface area contributed by atoms with Crippen LogP contribution in [0.1, 0.15) is 25.3 Å². The second kappa shape index (κ2) is 14.3. The fraction of sp³-hybridized carbons (Fsp3) is 0.324. The summed E-state index contributed by atoms with van der Waals surface area (Å²) in [5, 5.41) is 12.0. The Bertz CT molecular complexity index is 1490. The topological polar surface area (TPSA) is 30.6 Å². The molecule has 0 unspecified atom stereocenters. The maximum Gasteiger partial charge on any atom is 0.282 e. The number of rotatable bonds is 11. The number of pyridine rings is 1. The number of benzene rings is 3. The Morgan fingerprint density at radius 1 is 0.927 bits per heavy atom. The van der Waals surface area contributed by atoms with Gasteiger partial charge in [0.1, 0.15) is 17.7 Å². The van der Waals surface area contributed by atoms with E-state index >= 15 is 0 Å². The Kier molecular flexibility index (Phi) is 11.1. The Morgan fingerprint density at radius 2 is 1.63 bits per heavy atom. The van der Waals surface area contributed by atoms with Gasteiger partial charge in [-0.2, -0.15) is 4.57 Å². The van der Waals surface area contributed by atoms with Gasteiger partial charge in [-0.25, -0.2) is 0 Å². The van der Waals surface area contributed by atoms with Crippen LogP contribution >= 0.6 is 11.8 Å². The maximum absolute atomic E-state index is 9.52. The van der Waals surface area contributed by atoms with Crippen molar-refractivity contribution in [3.05, 3.63) is 95.5 Å². The van der Waals surface area contributed by atoms with E-state index in [1.165, 1.54) is 43.6 Å². The monoisotopic (exact) mass is 643 g/mol. The van der Waals surface area contributed by atoms with Crippen molar-refractivity contribution in [3.8, 4) is 5.69 Å². The van der Waals surface area contributed by atoms with Gasteiger partial charge in [-0.3, -0.25) is 4.90 Å². The SMILES string of the molecule is CCCN(CCC[N+](C)(C)CCO)c1cc(C=C2Sc3ccccc3N2C)c2ccccc2[n+]1-c1ccccc1.[Y]. The van der Waals surface area contributed by atoms with Crippen LogP contribution < -0.4 is 14.4 Å². The fourth-order valence-electron chi connectivity index (χ4n) is 5.58. The van der Waals surface area contributed by atoms with Gasteiger partial charge in [-0.15, -0.1) is 0 Å². The van der Waals surface area contributed by atoms with E-state index in [4.69, 9.17) is 0 Å². The largest absolute Gasteiger partial charge is 0.391 e. The average molecular weight is 644 g/mol. The van der Waals surface area contributed by atoms with Gasteiger partial charge in [0.15, 0.2) is 0 Å². The van der Waals surface area contributed by atoms with E-state index in [0.717, 1.165) is 43.5 Å². The molecule has 1 aliphatic heterocycles. The third-order valence-corrected chi connectivity index (χ3v) is 8.92. The van der Waals surface area contributed by atoms with E-state index < -0.39 is 0 Å². The summed E-state index contributed by atoms with van der Waals surface area (Å²) in [6.07, 6.45) is 4.48. The zero-order chi connectivity index (χ0) is 28.1. The third-order valence-electron chi connectivity index (χ3n) is 7.75. The van der Waals surface area contributed by atoms with Crippen LogP contribution in [0, 0.1) is 0 Å². The molecular weight excluding hydrogens is 601 g/mol. The molecule has 0 atom stereocenters. The van der Waals surface area contributed by atoms with E-state index in [2.05, 4.69) is 133 Å². The molecule has 0 bridgehead atoms. The van der Waals surface area contributed by atoms with Crippen molar-refractivity contribution in [2.45, 2.75) is 24.7 Å². The van der Waals surface area contributed by atoms with Gasteiger partial charge < -0.3 is 14.5 Å². The number of anilines is 2. The van der Waals surface area contributed by atoms with Gasteiger partial charge in [0.2, 0.25) is 0 Å². The summed E-state index contributed by atoms with van der Waals surface area (Å²) >= 11 is 1.84. The van der Waals surface area contributed by atoms with Gasteiger partial charge >= 0.3 is 0 Å². The number of quaternary nitrogens is 1. The van der Waals surface area contributed by atoms with Crippen molar-refractivity contribution in [1.82, 2.24) is 0 Å². The molecule has 2 heterocycles. The van der Waals surface area contributed by atoms with Gasteiger partial charge in [0.25, 0.3) is 5.82 Å². The molecule has 0 fully saturated rings. The van der Waals surface area contributed by atoms with Crippen molar-refractivity contribution in [2.75, 3.05) is 63.7 Å². The molecule has 0 saturated carbocycles. The number of likely N-dealkylation sites (N-methyl/N-ethyl adjacent to an activating group) is 1. The molecule has 1 N–H and O–H groups in total. The number of fused-ring (bicyclic) bond motifs is 2. The molecule has 1 aromatic heterocycles. The Morgan fingerprint density at radius 3 is 2.37 bits per heavy atom. The van der Waals surface area contributed by atoms with Gasteiger partial charge in [0, 0.05) is 62.5 Å². The first-order valence-electron chi connectivity index (χ1n) is 14.3. The standard InChI is InChI=1S/C34H42N4OS.Y/c1-5-20-36(21-13-22-38(3,4)23-24-39)33-25-27(26-34-35(2)31-18-11-12-19-32(31)40-34)29-16-9-10-17-30(29)37(33)28-14-7-6-8-15-28;/h6-12,14-19,25-26,39H,5,13,20-24H2,1-4H3;/q+2;. The van der Waals surface area contributed by atoms with E-state index in [9.17, 15) is 5.11 Å². The summed E-state index contributed by atoms with van der Waals surface area (Å²) < 4.78 is 3.26. The Balaban J connectivity index is 0.00000387. The zero-order valence-corrected chi connectivity index (χ0v) is 28.5. The number of aliphatic hydroxyl groups excluding tert-OH is 1. The number of aromatic nitrogens is 1. The van der Waals surface area contributed by atoms with Crippen LogP contribution in [0.2, 0.25) is 0 Å². The second-order valence-electron chi connectivity index (χ2n) is 11.2. The van der Waals surface area contributed by atoms with Gasteiger partial charge in [-0.1, -0.05) is 67.2 Å². The predicted octanol–water partition coefficient (Wildman–Crippen LogP) is 6.33.